The van der Waals surface area contributed by atoms with Crippen molar-refractivity contribution < 1.29 is 14.3 Å². The molecule has 0 radical (unpaired) electrons. The van der Waals surface area contributed by atoms with Crippen LogP contribution < -0.4 is 9.64 Å². The van der Waals surface area contributed by atoms with Gasteiger partial charge >= 0.3 is 0 Å². The van der Waals surface area contributed by atoms with E-state index in [1.165, 1.54) is 24.0 Å². The van der Waals surface area contributed by atoms with E-state index in [-0.39, 0.29) is 11.8 Å². The first-order valence-electron chi connectivity index (χ1n) is 11.7. The number of carbonyl (C=O) groups is 1. The summed E-state index contributed by atoms with van der Waals surface area (Å²) in [5.41, 5.74) is 3.42. The van der Waals surface area contributed by atoms with E-state index < -0.39 is 0 Å². The number of ether oxygens (including phenoxy) is 2. The molecule has 2 aliphatic heterocycles. The summed E-state index contributed by atoms with van der Waals surface area (Å²) >= 11 is 0. The van der Waals surface area contributed by atoms with E-state index in [1.807, 2.05) is 17.0 Å². The molecule has 32 heavy (non-hydrogen) atoms. The zero-order valence-corrected chi connectivity index (χ0v) is 19.0. The van der Waals surface area contributed by atoms with Crippen molar-refractivity contribution in [1.29, 1.82) is 0 Å². The fourth-order valence-corrected chi connectivity index (χ4v) is 4.71. The molecule has 170 valence electrons. The van der Waals surface area contributed by atoms with Gasteiger partial charge in [0.1, 0.15) is 17.4 Å². The molecule has 5 rings (SSSR count). The van der Waals surface area contributed by atoms with Crippen molar-refractivity contribution in [2.24, 2.45) is 5.92 Å². The van der Waals surface area contributed by atoms with Crippen LogP contribution in [0.1, 0.15) is 47.8 Å². The Labute approximate surface area is 189 Å². The summed E-state index contributed by atoms with van der Waals surface area (Å²) in [6.07, 6.45) is 3.97. The highest BCUT2D eigenvalue weighted by molar-refractivity contribution is 5.79. The van der Waals surface area contributed by atoms with E-state index in [0.29, 0.717) is 19.1 Å². The third-order valence-corrected chi connectivity index (χ3v) is 6.84. The second kappa shape index (κ2) is 9.06. The van der Waals surface area contributed by atoms with Crippen LogP contribution >= 0.6 is 0 Å². The van der Waals surface area contributed by atoms with Gasteiger partial charge in [-0.3, -0.25) is 4.79 Å². The number of rotatable bonds is 6. The number of anilines is 1. The monoisotopic (exact) mass is 436 g/mol. The molecule has 1 aliphatic carbocycles. The third-order valence-electron chi connectivity index (χ3n) is 6.84. The van der Waals surface area contributed by atoms with Crippen LogP contribution in [-0.2, 0) is 16.0 Å². The first kappa shape index (κ1) is 21.2. The van der Waals surface area contributed by atoms with Crippen molar-refractivity contribution in [3.05, 3.63) is 46.9 Å². The molecule has 3 fully saturated rings. The van der Waals surface area contributed by atoms with E-state index in [2.05, 4.69) is 24.0 Å². The maximum Gasteiger partial charge on any atom is 0.228 e. The summed E-state index contributed by atoms with van der Waals surface area (Å²) in [6, 6.07) is 8.20. The van der Waals surface area contributed by atoms with Crippen molar-refractivity contribution in [1.82, 2.24) is 14.9 Å². The maximum atomic E-state index is 12.8. The van der Waals surface area contributed by atoms with Gasteiger partial charge in [0.15, 0.2) is 0 Å². The van der Waals surface area contributed by atoms with E-state index in [4.69, 9.17) is 19.4 Å². The average molecular weight is 437 g/mol. The zero-order valence-electron chi connectivity index (χ0n) is 19.0. The second-order valence-corrected chi connectivity index (χ2v) is 9.14. The van der Waals surface area contributed by atoms with Gasteiger partial charge in [0.25, 0.3) is 0 Å². The Morgan fingerprint density at radius 3 is 2.66 bits per heavy atom. The average Bonchev–Trinajstić information content (AvgIpc) is 3.53. The summed E-state index contributed by atoms with van der Waals surface area (Å²) in [6.45, 7) is 6.43. The minimum atomic E-state index is 0.0351. The topological polar surface area (TPSA) is 67.8 Å². The fraction of sp³-hybridized carbons (Fsp3) is 0.560. The van der Waals surface area contributed by atoms with Crippen LogP contribution in [0.5, 0.6) is 5.75 Å². The van der Waals surface area contributed by atoms with Crippen molar-refractivity contribution in [2.45, 2.75) is 38.5 Å². The molecular formula is C25H32N4O3. The van der Waals surface area contributed by atoms with Gasteiger partial charge in [-0.25, -0.2) is 9.97 Å². The molecule has 1 aromatic heterocycles. The van der Waals surface area contributed by atoms with Gasteiger partial charge in [0.2, 0.25) is 5.91 Å². The zero-order chi connectivity index (χ0) is 22.1. The number of methoxy groups -OCH3 is 1. The lowest BCUT2D eigenvalue weighted by Gasteiger charge is -2.37. The van der Waals surface area contributed by atoms with Gasteiger partial charge in [0.05, 0.1) is 19.6 Å². The number of aryl methyl sites for hydroxylation is 1. The molecule has 2 aromatic rings. The summed E-state index contributed by atoms with van der Waals surface area (Å²) in [5, 5.41) is 0. The lowest BCUT2D eigenvalue weighted by Crippen LogP contribution is -2.51. The maximum absolute atomic E-state index is 12.8. The number of aromatic nitrogens is 2. The largest absolute Gasteiger partial charge is 0.497 e. The summed E-state index contributed by atoms with van der Waals surface area (Å²) in [7, 11) is 1.70. The van der Waals surface area contributed by atoms with E-state index >= 15 is 0 Å². The van der Waals surface area contributed by atoms with Crippen LogP contribution in [0.2, 0.25) is 0 Å². The number of amides is 1. The van der Waals surface area contributed by atoms with Crippen molar-refractivity contribution in [2.75, 3.05) is 51.4 Å². The van der Waals surface area contributed by atoms with Crippen molar-refractivity contribution in [3.8, 4) is 5.75 Å². The lowest BCUT2D eigenvalue weighted by atomic mass is 10.0. The number of piperazine rings is 1. The van der Waals surface area contributed by atoms with Crippen LogP contribution in [0.3, 0.4) is 0 Å². The van der Waals surface area contributed by atoms with Crippen molar-refractivity contribution in [3.63, 3.8) is 0 Å². The smallest absolute Gasteiger partial charge is 0.228 e. The molecule has 1 saturated carbocycles. The lowest BCUT2D eigenvalue weighted by molar-refractivity contribution is -0.135. The predicted molar refractivity (Wildman–Crippen MR) is 122 cm³/mol. The molecule has 2 saturated heterocycles. The number of hydrogen-bond donors (Lipinski definition) is 0. The Hall–Kier alpha value is -2.67. The Kier molecular flexibility index (Phi) is 6.00. The van der Waals surface area contributed by atoms with Gasteiger partial charge in [-0.05, 0) is 43.9 Å². The highest BCUT2D eigenvalue weighted by Gasteiger charge is 2.33. The van der Waals surface area contributed by atoms with Gasteiger partial charge in [-0.1, -0.05) is 12.1 Å². The van der Waals surface area contributed by atoms with Crippen LogP contribution in [0.4, 0.5) is 5.82 Å². The standard InChI is InChI=1S/C25H32N4O3/c1-17-22(15-18-4-3-5-21(14-18)31-2)24(27-23(26-17)19-6-7-19)28-9-11-29(12-10-28)25(30)20-8-13-32-16-20/h3-5,14,19-20H,6-13,15-16H2,1-2H3. The van der Waals surface area contributed by atoms with Gasteiger partial charge in [0, 0.05) is 56.4 Å². The Morgan fingerprint density at radius 1 is 1.16 bits per heavy atom. The highest BCUT2D eigenvalue weighted by Crippen LogP contribution is 2.40. The highest BCUT2D eigenvalue weighted by atomic mass is 16.5. The first-order valence-corrected chi connectivity index (χ1v) is 11.7. The molecule has 1 unspecified atom stereocenters. The number of hydrogen-bond acceptors (Lipinski definition) is 6. The molecule has 1 atom stereocenters. The molecule has 0 bridgehead atoms. The number of carbonyl (C=O) groups excluding carboxylic acids is 1. The van der Waals surface area contributed by atoms with Gasteiger partial charge in [-0.15, -0.1) is 0 Å². The fourth-order valence-electron chi connectivity index (χ4n) is 4.71. The van der Waals surface area contributed by atoms with Crippen LogP contribution in [0, 0.1) is 12.8 Å². The summed E-state index contributed by atoms with van der Waals surface area (Å²) < 4.78 is 10.8. The summed E-state index contributed by atoms with van der Waals surface area (Å²) in [4.78, 5) is 27.1. The van der Waals surface area contributed by atoms with E-state index in [1.54, 1.807) is 7.11 Å². The second-order valence-electron chi connectivity index (χ2n) is 9.14. The molecule has 7 heteroatoms. The predicted octanol–water partition coefficient (Wildman–Crippen LogP) is 2.95. The minimum absolute atomic E-state index is 0.0351. The van der Waals surface area contributed by atoms with Crippen molar-refractivity contribution >= 4 is 11.7 Å². The number of benzene rings is 1. The van der Waals surface area contributed by atoms with Crippen LogP contribution in [0.25, 0.3) is 0 Å². The molecule has 1 aromatic carbocycles. The molecule has 7 nitrogen and oxygen atoms in total. The SMILES string of the molecule is COc1cccc(Cc2c(C)nc(C3CC3)nc2N2CCN(C(=O)C3CCOC3)CC2)c1. The Balaban J connectivity index is 1.37. The Bertz CT molecular complexity index is 977. The molecule has 3 heterocycles. The first-order chi connectivity index (χ1) is 15.6. The molecule has 0 spiro atoms. The third kappa shape index (κ3) is 4.44. The Morgan fingerprint density at radius 2 is 1.97 bits per heavy atom. The molecule has 1 amide bonds. The molecular weight excluding hydrogens is 404 g/mol. The minimum Gasteiger partial charge on any atom is -0.497 e. The molecule has 3 aliphatic rings. The van der Waals surface area contributed by atoms with E-state index in [0.717, 1.165) is 62.1 Å². The van der Waals surface area contributed by atoms with Gasteiger partial charge in [-0.2, -0.15) is 0 Å². The normalized spacial score (nSPS) is 21.1. The van der Waals surface area contributed by atoms with E-state index in [9.17, 15) is 4.79 Å². The molecule has 0 N–H and O–H groups in total. The number of nitrogens with zero attached hydrogens (tertiary/aromatic N) is 4. The quantitative estimate of drug-likeness (QED) is 0.694. The summed E-state index contributed by atoms with van der Waals surface area (Å²) in [5.74, 6) is 3.67. The van der Waals surface area contributed by atoms with Gasteiger partial charge < -0.3 is 19.3 Å². The van der Waals surface area contributed by atoms with Crippen LogP contribution in [0.15, 0.2) is 24.3 Å². The van der Waals surface area contributed by atoms with Crippen LogP contribution in [-0.4, -0.2) is 67.3 Å².